The van der Waals surface area contributed by atoms with E-state index in [1.807, 2.05) is 38.1 Å². The summed E-state index contributed by atoms with van der Waals surface area (Å²) in [6.45, 7) is 3.07. The summed E-state index contributed by atoms with van der Waals surface area (Å²) in [5, 5.41) is 0.896. The summed E-state index contributed by atoms with van der Waals surface area (Å²) in [5.74, 6) is 1.24. The van der Waals surface area contributed by atoms with Crippen molar-refractivity contribution in [2.75, 3.05) is 27.2 Å². The van der Waals surface area contributed by atoms with E-state index in [1.54, 1.807) is 48.7 Å². The van der Waals surface area contributed by atoms with E-state index < -0.39 is 6.36 Å². The Morgan fingerprint density at radius 3 is 2.31 bits per heavy atom. The van der Waals surface area contributed by atoms with Gasteiger partial charge in [0.2, 0.25) is 5.43 Å². The molecule has 0 aliphatic rings. The van der Waals surface area contributed by atoms with E-state index in [0.29, 0.717) is 65.2 Å². The minimum Gasteiger partial charge on any atom is -0.488 e. The van der Waals surface area contributed by atoms with Crippen LogP contribution in [0.25, 0.3) is 21.9 Å². The van der Waals surface area contributed by atoms with Crippen LogP contribution in [-0.4, -0.2) is 43.5 Å². The van der Waals surface area contributed by atoms with Crippen LogP contribution in [-0.2, 0) is 12.8 Å². The lowest BCUT2D eigenvalue weighted by Gasteiger charge is -2.13. The zero-order valence-electron chi connectivity index (χ0n) is 23.3. The Labute approximate surface area is 240 Å². The highest BCUT2D eigenvalue weighted by Gasteiger charge is 2.30. The molecule has 10 heteroatoms. The van der Waals surface area contributed by atoms with Gasteiger partial charge in [-0.15, -0.1) is 13.2 Å². The van der Waals surface area contributed by atoms with Crippen LogP contribution in [0.4, 0.5) is 13.2 Å². The summed E-state index contributed by atoms with van der Waals surface area (Å²) < 4.78 is 59.1. The molecule has 0 bridgehead atoms. The van der Waals surface area contributed by atoms with E-state index in [2.05, 4.69) is 9.72 Å². The van der Waals surface area contributed by atoms with Gasteiger partial charge in [0.1, 0.15) is 29.4 Å². The lowest BCUT2D eigenvalue weighted by Crippen LogP contribution is -2.19. The van der Waals surface area contributed by atoms with Crippen LogP contribution >= 0.6 is 0 Å². The number of rotatable bonds is 10. The summed E-state index contributed by atoms with van der Waals surface area (Å²) >= 11 is 0. The summed E-state index contributed by atoms with van der Waals surface area (Å²) in [6, 6.07) is 18.1. The number of aromatic nitrogens is 1. The third-order valence-electron chi connectivity index (χ3n) is 6.51. The number of likely N-dealkylation sites (N-methyl/N-ethyl adjacent to an activating group) is 1. The molecule has 2 heterocycles. The molecule has 0 amide bonds. The van der Waals surface area contributed by atoms with E-state index in [1.165, 1.54) is 12.1 Å². The summed E-state index contributed by atoms with van der Waals surface area (Å²) in [7, 11) is 3.91. The molecule has 0 aliphatic carbocycles. The first-order chi connectivity index (χ1) is 20.0. The molecule has 5 rings (SSSR count). The number of pyridine rings is 1. The topological polar surface area (TPSA) is 74.0 Å². The molecule has 0 unspecified atom stereocenters. The second kappa shape index (κ2) is 12.1. The van der Waals surface area contributed by atoms with Gasteiger partial charge < -0.3 is 23.5 Å². The van der Waals surface area contributed by atoms with Gasteiger partial charge in [-0.3, -0.25) is 9.78 Å². The van der Waals surface area contributed by atoms with Gasteiger partial charge in [0.25, 0.3) is 0 Å². The van der Waals surface area contributed by atoms with Crippen LogP contribution in [0.1, 0.15) is 16.8 Å². The largest absolute Gasteiger partial charge is 0.573 e. The normalized spacial score (nSPS) is 11.8. The molecular formula is C32H29F3N2O5. The highest BCUT2D eigenvalue weighted by molar-refractivity contribution is 5.93. The van der Waals surface area contributed by atoms with Gasteiger partial charge in [-0.25, -0.2) is 0 Å². The fourth-order valence-electron chi connectivity index (χ4n) is 4.44. The van der Waals surface area contributed by atoms with Gasteiger partial charge >= 0.3 is 6.36 Å². The van der Waals surface area contributed by atoms with Crippen molar-refractivity contribution in [2.45, 2.75) is 26.1 Å². The molecule has 0 N–H and O–H groups in total. The molecule has 7 nitrogen and oxygen atoms in total. The second-order valence-corrected chi connectivity index (χ2v) is 10.2. The minimum absolute atomic E-state index is 0.146. The van der Waals surface area contributed by atoms with Crippen LogP contribution in [0.5, 0.6) is 23.0 Å². The Kier molecular flexibility index (Phi) is 8.35. The number of fused-ring (bicyclic) bond motifs is 2. The molecule has 0 saturated heterocycles. The first-order valence-corrected chi connectivity index (χ1v) is 13.3. The molecular weight excluding hydrogens is 549 g/mol. The molecule has 2 aromatic heterocycles. The highest BCUT2D eigenvalue weighted by atomic mass is 19.4. The molecule has 3 aromatic carbocycles. The maximum absolute atomic E-state index is 13.3. The molecule has 0 fully saturated rings. The number of aryl methyl sites for hydroxylation is 3. The Morgan fingerprint density at radius 1 is 0.881 bits per heavy atom. The first-order valence-electron chi connectivity index (χ1n) is 13.3. The number of alkyl halides is 3. The fraction of sp³-hybridized carbons (Fsp3) is 0.250. The number of benzene rings is 3. The summed E-state index contributed by atoms with van der Waals surface area (Å²) in [4.78, 5) is 19.7. The monoisotopic (exact) mass is 578 g/mol. The van der Waals surface area contributed by atoms with Gasteiger partial charge in [0.15, 0.2) is 11.3 Å². The smallest absolute Gasteiger partial charge is 0.488 e. The highest BCUT2D eigenvalue weighted by Crippen LogP contribution is 2.31. The minimum atomic E-state index is -4.71. The number of hydrogen-bond donors (Lipinski definition) is 0. The van der Waals surface area contributed by atoms with Gasteiger partial charge in [0, 0.05) is 18.3 Å². The van der Waals surface area contributed by atoms with Crippen LogP contribution in [0.15, 0.2) is 82.1 Å². The van der Waals surface area contributed by atoms with Crippen molar-refractivity contribution < 1.29 is 31.8 Å². The maximum atomic E-state index is 13.3. The number of ether oxygens (including phenoxy) is 3. The third-order valence-corrected chi connectivity index (χ3v) is 6.51. The van der Waals surface area contributed by atoms with Crippen LogP contribution in [0.2, 0.25) is 0 Å². The van der Waals surface area contributed by atoms with E-state index in [-0.39, 0.29) is 11.2 Å². The Balaban J connectivity index is 1.29. The predicted octanol–water partition coefficient (Wildman–Crippen LogP) is 7.07. The Hall–Kier alpha value is -4.57. The van der Waals surface area contributed by atoms with E-state index >= 15 is 0 Å². The molecule has 5 aromatic rings. The number of halogens is 3. The second-order valence-electron chi connectivity index (χ2n) is 10.2. The van der Waals surface area contributed by atoms with Crippen molar-refractivity contribution in [1.82, 2.24) is 9.88 Å². The average Bonchev–Trinajstić information content (AvgIpc) is 2.93. The van der Waals surface area contributed by atoms with E-state index in [9.17, 15) is 18.0 Å². The molecule has 42 heavy (non-hydrogen) atoms. The average molecular weight is 579 g/mol. The molecule has 0 atom stereocenters. The molecule has 0 radical (unpaired) electrons. The first kappa shape index (κ1) is 28.9. The third kappa shape index (κ3) is 7.19. The molecule has 0 spiro atoms. The van der Waals surface area contributed by atoms with E-state index in [0.717, 1.165) is 16.8 Å². The zero-order chi connectivity index (χ0) is 29.9. The Morgan fingerprint density at radius 2 is 1.62 bits per heavy atom. The summed E-state index contributed by atoms with van der Waals surface area (Å²) in [5.41, 5.74) is 3.18. The predicted molar refractivity (Wildman–Crippen MR) is 154 cm³/mol. The van der Waals surface area contributed by atoms with Crippen LogP contribution in [0, 0.1) is 6.92 Å². The summed E-state index contributed by atoms with van der Waals surface area (Å²) in [6.07, 6.45) is -1.94. The van der Waals surface area contributed by atoms with Crippen molar-refractivity contribution in [1.29, 1.82) is 0 Å². The van der Waals surface area contributed by atoms with Gasteiger partial charge in [-0.1, -0.05) is 12.1 Å². The standard InChI is InChI=1S/C32H29F3N2O5/c1-20-16-27-30(38)26-13-12-24(18-28(26)41-31(27)29(17-20)39-15-14-37(2)3)40-25-11-8-22(36-19-25)7-4-21-5-9-23(10-6-21)42-32(33,34)35/h5-6,8-13,16-19H,4,7,14-15H2,1-3H3. The van der Waals surface area contributed by atoms with Crippen molar-refractivity contribution in [3.8, 4) is 23.0 Å². The number of hydrogen-bond acceptors (Lipinski definition) is 7. The molecule has 0 aliphatic heterocycles. The Bertz CT molecular complexity index is 1750. The van der Waals surface area contributed by atoms with Crippen molar-refractivity contribution >= 4 is 21.9 Å². The van der Waals surface area contributed by atoms with Gasteiger partial charge in [-0.2, -0.15) is 0 Å². The molecule has 218 valence electrons. The lowest BCUT2D eigenvalue weighted by molar-refractivity contribution is -0.274. The fourth-order valence-corrected chi connectivity index (χ4v) is 4.44. The van der Waals surface area contributed by atoms with Crippen LogP contribution < -0.4 is 19.6 Å². The zero-order valence-corrected chi connectivity index (χ0v) is 23.3. The quantitative estimate of drug-likeness (QED) is 0.164. The van der Waals surface area contributed by atoms with Crippen molar-refractivity contribution in [2.24, 2.45) is 0 Å². The van der Waals surface area contributed by atoms with Crippen molar-refractivity contribution in [3.63, 3.8) is 0 Å². The maximum Gasteiger partial charge on any atom is 0.573 e. The number of nitrogens with zero attached hydrogens (tertiary/aromatic N) is 2. The SMILES string of the molecule is Cc1cc(OCCN(C)C)c2oc3cc(Oc4ccc(CCc5ccc(OC(F)(F)F)cc5)nc4)ccc3c(=O)c2c1. The lowest BCUT2D eigenvalue weighted by atomic mass is 10.1. The van der Waals surface area contributed by atoms with E-state index in [4.69, 9.17) is 13.9 Å². The van der Waals surface area contributed by atoms with Crippen molar-refractivity contribution in [3.05, 3.63) is 100.0 Å². The molecule has 0 saturated carbocycles. The van der Waals surface area contributed by atoms with Gasteiger partial charge in [0.05, 0.1) is 17.0 Å². The van der Waals surface area contributed by atoms with Gasteiger partial charge in [-0.05, 0) is 93.5 Å². The van der Waals surface area contributed by atoms with Crippen LogP contribution in [0.3, 0.4) is 0 Å².